The number of nitrogen functional groups attached to an aromatic ring is 1. The Labute approximate surface area is 172 Å². The Morgan fingerprint density at radius 1 is 0.963 bits per heavy atom. The molecular weight excluding hydrogens is 387 g/mol. The van der Waals surface area contributed by atoms with E-state index < -0.39 is 0 Å². The second kappa shape index (κ2) is 11.4. The summed E-state index contributed by atoms with van der Waals surface area (Å²) in [5, 5.41) is 5.66. The third-order valence-electron chi connectivity index (χ3n) is 3.72. The highest BCUT2D eigenvalue weighted by Gasteiger charge is 2.10. The normalized spacial score (nSPS) is 9.78. The summed E-state index contributed by atoms with van der Waals surface area (Å²) in [5.74, 6) is -0.256. The lowest BCUT2D eigenvalue weighted by Gasteiger charge is -2.11. The van der Waals surface area contributed by atoms with Crippen LogP contribution in [0.3, 0.4) is 0 Å². The second-order valence-electron chi connectivity index (χ2n) is 6.21. The van der Waals surface area contributed by atoms with Gasteiger partial charge in [-0.2, -0.15) is 0 Å². The first-order chi connectivity index (χ1) is 11.8. The van der Waals surface area contributed by atoms with Crippen LogP contribution >= 0.6 is 24.8 Å². The summed E-state index contributed by atoms with van der Waals surface area (Å²) in [6, 6.07) is 12.3. The van der Waals surface area contributed by atoms with Crippen molar-refractivity contribution in [2.45, 2.75) is 13.3 Å². The number of nitrogens with one attached hydrogen (secondary N) is 2. The van der Waals surface area contributed by atoms with Gasteiger partial charge in [0, 0.05) is 35.6 Å². The molecule has 4 N–H and O–H groups in total. The topological polar surface area (TPSA) is 87.5 Å². The van der Waals surface area contributed by atoms with E-state index in [4.69, 9.17) is 5.73 Å². The number of anilines is 3. The highest BCUT2D eigenvalue weighted by molar-refractivity contribution is 6.06. The summed E-state index contributed by atoms with van der Waals surface area (Å²) < 4.78 is 0. The van der Waals surface area contributed by atoms with Gasteiger partial charge in [0.15, 0.2) is 0 Å². The maximum absolute atomic E-state index is 12.4. The summed E-state index contributed by atoms with van der Waals surface area (Å²) in [5.41, 5.74) is 9.04. The number of halogens is 2. The molecule has 0 unspecified atom stereocenters. The minimum atomic E-state index is -0.215. The van der Waals surface area contributed by atoms with Crippen molar-refractivity contribution in [1.29, 1.82) is 0 Å². The average molecular weight is 413 g/mol. The molecule has 0 heterocycles. The van der Waals surface area contributed by atoms with Crippen molar-refractivity contribution in [3.05, 3.63) is 53.6 Å². The zero-order valence-corrected chi connectivity index (χ0v) is 17.2. The maximum atomic E-state index is 12.4. The molecular formula is C19H26Cl2N4O2. The van der Waals surface area contributed by atoms with Gasteiger partial charge < -0.3 is 21.3 Å². The number of carbonyl (C=O) groups excluding carboxylic acids is 2. The minimum absolute atomic E-state index is 0. The van der Waals surface area contributed by atoms with Crippen molar-refractivity contribution in [2.75, 3.05) is 37.0 Å². The molecule has 0 spiro atoms. The summed E-state index contributed by atoms with van der Waals surface area (Å²) >= 11 is 0. The smallest absolute Gasteiger partial charge is 0.256 e. The van der Waals surface area contributed by atoms with E-state index >= 15 is 0 Å². The number of amides is 2. The molecule has 0 atom stereocenters. The number of rotatable bonds is 6. The molecule has 2 aromatic rings. The third-order valence-corrected chi connectivity index (χ3v) is 3.72. The van der Waals surface area contributed by atoms with Crippen molar-refractivity contribution < 1.29 is 9.59 Å². The van der Waals surface area contributed by atoms with Crippen molar-refractivity contribution in [1.82, 2.24) is 4.90 Å². The minimum Gasteiger partial charge on any atom is -0.399 e. The van der Waals surface area contributed by atoms with Crippen LogP contribution < -0.4 is 16.4 Å². The Balaban J connectivity index is 0.00000338. The van der Waals surface area contributed by atoms with Gasteiger partial charge in [0.2, 0.25) is 5.91 Å². The van der Waals surface area contributed by atoms with E-state index in [1.165, 1.54) is 0 Å². The van der Waals surface area contributed by atoms with Crippen LogP contribution in [0.4, 0.5) is 17.1 Å². The van der Waals surface area contributed by atoms with Gasteiger partial charge in [0.05, 0.1) is 0 Å². The van der Waals surface area contributed by atoms with Crippen LogP contribution in [0, 0.1) is 6.92 Å². The van der Waals surface area contributed by atoms with Crippen LogP contribution in [0.25, 0.3) is 0 Å². The van der Waals surface area contributed by atoms with Crippen LogP contribution in [0.5, 0.6) is 0 Å². The monoisotopic (exact) mass is 412 g/mol. The SMILES string of the molecule is Cc1ccc(N)cc1C(=O)Nc1ccc(NC(=O)CCN(C)C)cc1.Cl.Cl. The van der Waals surface area contributed by atoms with Crippen LogP contribution in [-0.2, 0) is 4.79 Å². The summed E-state index contributed by atoms with van der Waals surface area (Å²) in [6.45, 7) is 2.56. The number of aryl methyl sites for hydroxylation is 1. The molecule has 27 heavy (non-hydrogen) atoms. The first-order valence-electron chi connectivity index (χ1n) is 8.07. The fraction of sp³-hybridized carbons (Fsp3) is 0.263. The average Bonchev–Trinajstić information content (AvgIpc) is 2.57. The molecule has 0 aliphatic heterocycles. The Kier molecular flexibility index (Phi) is 10.5. The Hall–Kier alpha value is -2.28. The van der Waals surface area contributed by atoms with E-state index in [9.17, 15) is 9.59 Å². The first kappa shape index (κ1) is 24.7. The molecule has 0 saturated heterocycles. The quantitative estimate of drug-likeness (QED) is 0.632. The molecule has 0 saturated carbocycles. The van der Waals surface area contributed by atoms with E-state index in [0.29, 0.717) is 35.6 Å². The highest BCUT2D eigenvalue weighted by atomic mass is 35.5. The van der Waals surface area contributed by atoms with Gasteiger partial charge in [0.1, 0.15) is 0 Å². The van der Waals surface area contributed by atoms with Gasteiger partial charge >= 0.3 is 0 Å². The zero-order chi connectivity index (χ0) is 18.4. The van der Waals surface area contributed by atoms with Gasteiger partial charge in [0.25, 0.3) is 5.91 Å². The van der Waals surface area contributed by atoms with Gasteiger partial charge in [-0.05, 0) is 63.0 Å². The Bertz CT molecular complexity index is 765. The fourth-order valence-electron chi connectivity index (χ4n) is 2.27. The van der Waals surface area contributed by atoms with Gasteiger partial charge in [-0.3, -0.25) is 9.59 Å². The summed E-state index contributed by atoms with van der Waals surface area (Å²) in [6.07, 6.45) is 0.431. The molecule has 148 valence electrons. The predicted molar refractivity (Wildman–Crippen MR) is 116 cm³/mol. The molecule has 0 radical (unpaired) electrons. The van der Waals surface area contributed by atoms with Crippen molar-refractivity contribution in [3.63, 3.8) is 0 Å². The van der Waals surface area contributed by atoms with Crippen LogP contribution in [0.2, 0.25) is 0 Å². The van der Waals surface area contributed by atoms with Gasteiger partial charge in [-0.1, -0.05) is 6.07 Å². The van der Waals surface area contributed by atoms with Crippen molar-refractivity contribution in [2.24, 2.45) is 0 Å². The molecule has 0 aliphatic carbocycles. The van der Waals surface area contributed by atoms with Crippen molar-refractivity contribution >= 4 is 53.7 Å². The number of carbonyl (C=O) groups is 2. The molecule has 2 rings (SSSR count). The Morgan fingerprint density at radius 2 is 1.52 bits per heavy atom. The van der Waals surface area contributed by atoms with E-state index in [0.717, 1.165) is 5.56 Å². The standard InChI is InChI=1S/C19H24N4O2.2ClH/c1-13-4-5-14(20)12-17(13)19(25)22-16-8-6-15(7-9-16)21-18(24)10-11-23(2)3;;/h4-9,12H,10-11,20H2,1-3H3,(H,21,24)(H,22,25);2*1H. The first-order valence-corrected chi connectivity index (χ1v) is 8.07. The molecule has 0 fully saturated rings. The van der Waals surface area contributed by atoms with E-state index in [1.807, 2.05) is 32.0 Å². The van der Waals surface area contributed by atoms with Gasteiger partial charge in [-0.15, -0.1) is 24.8 Å². The Morgan fingerprint density at radius 3 is 2.07 bits per heavy atom. The second-order valence-corrected chi connectivity index (χ2v) is 6.21. The van der Waals surface area contributed by atoms with E-state index in [2.05, 4.69) is 10.6 Å². The molecule has 2 aromatic carbocycles. The molecule has 2 amide bonds. The van der Waals surface area contributed by atoms with Crippen molar-refractivity contribution in [3.8, 4) is 0 Å². The lowest BCUT2D eigenvalue weighted by atomic mass is 10.1. The number of nitrogens with zero attached hydrogens (tertiary/aromatic N) is 1. The molecule has 8 heteroatoms. The number of hydrogen-bond acceptors (Lipinski definition) is 4. The predicted octanol–water partition coefficient (Wildman–Crippen LogP) is 3.56. The van der Waals surface area contributed by atoms with Crippen LogP contribution in [-0.4, -0.2) is 37.4 Å². The number of nitrogens with two attached hydrogens (primary N) is 1. The number of benzene rings is 2. The van der Waals surface area contributed by atoms with Crippen LogP contribution in [0.15, 0.2) is 42.5 Å². The fourth-order valence-corrected chi connectivity index (χ4v) is 2.27. The molecule has 0 aromatic heterocycles. The van der Waals surface area contributed by atoms with E-state index in [1.54, 1.807) is 36.4 Å². The van der Waals surface area contributed by atoms with Crippen LogP contribution in [0.1, 0.15) is 22.3 Å². The molecule has 0 bridgehead atoms. The summed E-state index contributed by atoms with van der Waals surface area (Å²) in [4.78, 5) is 26.1. The summed E-state index contributed by atoms with van der Waals surface area (Å²) in [7, 11) is 3.85. The highest BCUT2D eigenvalue weighted by Crippen LogP contribution is 2.17. The molecule has 0 aliphatic rings. The lowest BCUT2D eigenvalue weighted by Crippen LogP contribution is -2.20. The largest absolute Gasteiger partial charge is 0.399 e. The molecule has 6 nitrogen and oxygen atoms in total. The number of hydrogen-bond donors (Lipinski definition) is 3. The zero-order valence-electron chi connectivity index (χ0n) is 15.6. The van der Waals surface area contributed by atoms with Gasteiger partial charge in [-0.25, -0.2) is 0 Å². The van der Waals surface area contributed by atoms with E-state index in [-0.39, 0.29) is 36.6 Å². The lowest BCUT2D eigenvalue weighted by molar-refractivity contribution is -0.116. The third kappa shape index (κ3) is 7.86. The maximum Gasteiger partial charge on any atom is 0.256 e.